The number of halogens is 1. The van der Waals surface area contributed by atoms with Crippen LogP contribution in [0.2, 0.25) is 5.02 Å². The van der Waals surface area contributed by atoms with Gasteiger partial charge in [-0.15, -0.1) is 0 Å². The van der Waals surface area contributed by atoms with Gasteiger partial charge in [0.1, 0.15) is 5.75 Å². The first-order chi connectivity index (χ1) is 6.63. The Balaban J connectivity index is 2.55. The van der Waals surface area contributed by atoms with E-state index in [0.29, 0.717) is 5.69 Å². The van der Waals surface area contributed by atoms with Crippen molar-refractivity contribution >= 4 is 17.3 Å². The first-order valence-corrected chi connectivity index (χ1v) is 4.52. The smallest absolute Gasteiger partial charge is 0.134 e. The summed E-state index contributed by atoms with van der Waals surface area (Å²) in [5.41, 5.74) is 0.681. The summed E-state index contributed by atoms with van der Waals surface area (Å²) < 4.78 is 0. The fourth-order valence-electron chi connectivity index (χ4n) is 0.917. The Hall–Kier alpha value is -0.970. The molecule has 0 heterocycles. The summed E-state index contributed by atoms with van der Waals surface area (Å²) in [5.74, 6) is 0.0138. The second kappa shape index (κ2) is 5.05. The Morgan fingerprint density at radius 3 is 2.71 bits per heavy atom. The van der Waals surface area contributed by atoms with E-state index in [0.717, 1.165) is 0 Å². The number of rotatable bonds is 4. The van der Waals surface area contributed by atoms with Crippen molar-refractivity contribution in [3.8, 4) is 5.75 Å². The van der Waals surface area contributed by atoms with Gasteiger partial charge < -0.3 is 20.6 Å². The molecule has 4 nitrogen and oxygen atoms in total. The van der Waals surface area contributed by atoms with Crippen LogP contribution in [0.15, 0.2) is 18.2 Å². The van der Waals surface area contributed by atoms with E-state index < -0.39 is 6.10 Å². The van der Waals surface area contributed by atoms with Crippen molar-refractivity contribution in [2.75, 3.05) is 18.5 Å². The minimum Gasteiger partial charge on any atom is -0.506 e. The number of anilines is 1. The minimum atomic E-state index is -0.803. The lowest BCUT2D eigenvalue weighted by molar-refractivity contribution is 0.105. The lowest BCUT2D eigenvalue weighted by Gasteiger charge is -2.10. The quantitative estimate of drug-likeness (QED) is 0.564. The van der Waals surface area contributed by atoms with E-state index in [4.69, 9.17) is 26.9 Å². The Bertz CT molecular complexity index is 306. The molecule has 0 bridgehead atoms. The molecule has 4 N–H and O–H groups in total. The van der Waals surface area contributed by atoms with Gasteiger partial charge in [-0.05, 0) is 18.2 Å². The zero-order valence-corrected chi connectivity index (χ0v) is 8.20. The van der Waals surface area contributed by atoms with Crippen LogP contribution in [0, 0.1) is 0 Å². The molecule has 0 aliphatic rings. The molecule has 78 valence electrons. The van der Waals surface area contributed by atoms with Gasteiger partial charge in [-0.3, -0.25) is 0 Å². The van der Waals surface area contributed by atoms with Crippen LogP contribution < -0.4 is 5.32 Å². The lowest BCUT2D eigenvalue weighted by atomic mass is 10.3. The van der Waals surface area contributed by atoms with Gasteiger partial charge in [-0.2, -0.15) is 0 Å². The van der Waals surface area contributed by atoms with E-state index >= 15 is 0 Å². The SMILES string of the molecule is OCC(O)CNc1ccc(O)c(Cl)c1. The van der Waals surface area contributed by atoms with Gasteiger partial charge in [0.15, 0.2) is 0 Å². The maximum absolute atomic E-state index is 9.12. The first kappa shape index (κ1) is 11.1. The standard InChI is InChI=1S/C9H12ClNO3/c10-8-3-6(1-2-9(8)14)11-4-7(13)5-12/h1-3,7,11-14H,4-5H2. The van der Waals surface area contributed by atoms with Gasteiger partial charge in [-0.1, -0.05) is 11.6 Å². The summed E-state index contributed by atoms with van der Waals surface area (Å²) in [4.78, 5) is 0. The van der Waals surface area contributed by atoms with Gasteiger partial charge >= 0.3 is 0 Å². The van der Waals surface area contributed by atoms with Gasteiger partial charge in [0, 0.05) is 12.2 Å². The summed E-state index contributed by atoms with van der Waals surface area (Å²) in [6.45, 7) is -0.0591. The van der Waals surface area contributed by atoms with E-state index in [-0.39, 0.29) is 23.9 Å². The van der Waals surface area contributed by atoms with Crippen LogP contribution in [-0.2, 0) is 0 Å². The Morgan fingerprint density at radius 2 is 2.14 bits per heavy atom. The second-order valence-corrected chi connectivity index (χ2v) is 3.29. The molecule has 0 saturated heterocycles. The van der Waals surface area contributed by atoms with Gasteiger partial charge in [0.25, 0.3) is 0 Å². The van der Waals surface area contributed by atoms with Gasteiger partial charge in [0.05, 0.1) is 17.7 Å². The molecule has 0 aliphatic carbocycles. The first-order valence-electron chi connectivity index (χ1n) is 4.15. The average Bonchev–Trinajstić information content (AvgIpc) is 2.19. The lowest BCUT2D eigenvalue weighted by Crippen LogP contribution is -2.22. The molecule has 0 aliphatic heterocycles. The molecular formula is C9H12ClNO3. The van der Waals surface area contributed by atoms with Crippen LogP contribution in [0.5, 0.6) is 5.75 Å². The van der Waals surface area contributed by atoms with Crippen LogP contribution in [0.1, 0.15) is 0 Å². The number of aliphatic hydroxyl groups is 2. The van der Waals surface area contributed by atoms with Gasteiger partial charge in [0.2, 0.25) is 0 Å². The molecule has 1 aromatic rings. The highest BCUT2D eigenvalue weighted by atomic mass is 35.5. The molecule has 14 heavy (non-hydrogen) atoms. The molecule has 0 fully saturated rings. The molecule has 1 unspecified atom stereocenters. The monoisotopic (exact) mass is 217 g/mol. The Kier molecular flexibility index (Phi) is 4.00. The number of nitrogens with one attached hydrogen (secondary N) is 1. The van der Waals surface area contributed by atoms with E-state index in [9.17, 15) is 0 Å². The number of aromatic hydroxyl groups is 1. The molecule has 1 atom stereocenters. The molecule has 0 amide bonds. The highest BCUT2D eigenvalue weighted by molar-refractivity contribution is 6.32. The summed E-state index contributed by atoms with van der Waals surface area (Å²) >= 11 is 5.66. The topological polar surface area (TPSA) is 72.7 Å². The number of hydrogen-bond acceptors (Lipinski definition) is 4. The van der Waals surface area contributed by atoms with Crippen molar-refractivity contribution < 1.29 is 15.3 Å². The van der Waals surface area contributed by atoms with E-state index in [1.54, 1.807) is 12.1 Å². The van der Waals surface area contributed by atoms with E-state index in [1.165, 1.54) is 6.07 Å². The maximum Gasteiger partial charge on any atom is 0.134 e. The largest absolute Gasteiger partial charge is 0.506 e. The maximum atomic E-state index is 9.12. The van der Waals surface area contributed by atoms with Crippen molar-refractivity contribution in [2.45, 2.75) is 6.10 Å². The number of hydrogen-bond donors (Lipinski definition) is 4. The third kappa shape index (κ3) is 3.06. The average molecular weight is 218 g/mol. The second-order valence-electron chi connectivity index (χ2n) is 2.88. The van der Waals surface area contributed by atoms with Crippen molar-refractivity contribution in [1.29, 1.82) is 0 Å². The minimum absolute atomic E-state index is 0.0138. The third-order valence-electron chi connectivity index (χ3n) is 1.70. The summed E-state index contributed by atoms with van der Waals surface area (Å²) in [5, 5.41) is 29.8. The van der Waals surface area contributed by atoms with Crippen LogP contribution in [0.25, 0.3) is 0 Å². The predicted octanol–water partition coefficient (Wildman–Crippen LogP) is 0.811. The number of benzene rings is 1. The van der Waals surface area contributed by atoms with Crippen molar-refractivity contribution in [3.63, 3.8) is 0 Å². The number of aliphatic hydroxyl groups excluding tert-OH is 2. The van der Waals surface area contributed by atoms with Crippen LogP contribution in [0.3, 0.4) is 0 Å². The predicted molar refractivity (Wildman–Crippen MR) is 54.7 cm³/mol. The molecule has 5 heteroatoms. The normalized spacial score (nSPS) is 12.5. The van der Waals surface area contributed by atoms with Crippen LogP contribution in [0.4, 0.5) is 5.69 Å². The summed E-state index contributed by atoms with van der Waals surface area (Å²) in [6, 6.07) is 4.63. The number of phenols is 1. The van der Waals surface area contributed by atoms with Crippen molar-refractivity contribution in [1.82, 2.24) is 0 Å². The fraction of sp³-hybridized carbons (Fsp3) is 0.333. The van der Waals surface area contributed by atoms with Crippen molar-refractivity contribution in [2.24, 2.45) is 0 Å². The molecule has 0 saturated carbocycles. The fourth-order valence-corrected chi connectivity index (χ4v) is 1.10. The molecule has 0 aromatic heterocycles. The Labute approximate surface area is 86.8 Å². The van der Waals surface area contributed by atoms with E-state index in [1.807, 2.05) is 0 Å². The van der Waals surface area contributed by atoms with E-state index in [2.05, 4.69) is 5.32 Å². The molecule has 1 rings (SSSR count). The number of phenolic OH excluding ortho intramolecular Hbond substituents is 1. The van der Waals surface area contributed by atoms with Crippen LogP contribution >= 0.6 is 11.6 Å². The molecular weight excluding hydrogens is 206 g/mol. The zero-order chi connectivity index (χ0) is 10.6. The highest BCUT2D eigenvalue weighted by Crippen LogP contribution is 2.25. The summed E-state index contributed by atoms with van der Waals surface area (Å²) in [6.07, 6.45) is -0.803. The summed E-state index contributed by atoms with van der Waals surface area (Å²) in [7, 11) is 0. The van der Waals surface area contributed by atoms with Gasteiger partial charge in [-0.25, -0.2) is 0 Å². The van der Waals surface area contributed by atoms with Crippen LogP contribution in [-0.4, -0.2) is 34.6 Å². The molecule has 1 aromatic carbocycles. The van der Waals surface area contributed by atoms with Crippen molar-refractivity contribution in [3.05, 3.63) is 23.2 Å². The highest BCUT2D eigenvalue weighted by Gasteiger charge is 2.03. The Morgan fingerprint density at radius 1 is 1.43 bits per heavy atom. The third-order valence-corrected chi connectivity index (χ3v) is 2.00. The zero-order valence-electron chi connectivity index (χ0n) is 7.44. The molecule has 0 spiro atoms. The molecule has 0 radical (unpaired) electrons.